The zero-order valence-electron chi connectivity index (χ0n) is 14.7. The lowest BCUT2D eigenvalue weighted by Gasteiger charge is -2.11. The Morgan fingerprint density at radius 3 is 2.26 bits per heavy atom. The van der Waals surface area contributed by atoms with Gasteiger partial charge in [0.05, 0.1) is 37.0 Å². The molecule has 0 bridgehead atoms. The summed E-state index contributed by atoms with van der Waals surface area (Å²) in [5.74, 6) is 0.892. The maximum Gasteiger partial charge on any atom is 0.416 e. The van der Waals surface area contributed by atoms with Gasteiger partial charge in [-0.3, -0.25) is 9.36 Å². The Labute approximate surface area is 153 Å². The largest absolute Gasteiger partial charge is 0.493 e. The van der Waals surface area contributed by atoms with E-state index in [9.17, 15) is 18.0 Å². The zero-order valence-corrected chi connectivity index (χ0v) is 14.7. The van der Waals surface area contributed by atoms with Gasteiger partial charge >= 0.3 is 6.18 Å². The van der Waals surface area contributed by atoms with E-state index in [4.69, 9.17) is 9.47 Å². The number of aryl methyl sites for hydroxylation is 2. The van der Waals surface area contributed by atoms with E-state index in [1.165, 1.54) is 37.2 Å². The summed E-state index contributed by atoms with van der Waals surface area (Å²) in [6.45, 7) is 0.293. The summed E-state index contributed by atoms with van der Waals surface area (Å²) in [7, 11) is 2.97. The van der Waals surface area contributed by atoms with E-state index in [-0.39, 0.29) is 5.56 Å². The lowest BCUT2D eigenvalue weighted by Crippen LogP contribution is -2.21. The summed E-state index contributed by atoms with van der Waals surface area (Å²) in [6, 6.07) is 8.09. The SMILES string of the molecule is COc1cc2ncn(CCc3ccc(C(F)(F)F)cc3)c(=O)c2cc1OC. The summed E-state index contributed by atoms with van der Waals surface area (Å²) >= 11 is 0. The van der Waals surface area contributed by atoms with Crippen LogP contribution in [0.1, 0.15) is 11.1 Å². The molecule has 0 atom stereocenters. The van der Waals surface area contributed by atoms with Crippen molar-refractivity contribution in [3.8, 4) is 11.5 Å². The fourth-order valence-corrected chi connectivity index (χ4v) is 2.75. The summed E-state index contributed by atoms with van der Waals surface area (Å²) in [5.41, 5.74) is 0.218. The molecule has 3 rings (SSSR count). The van der Waals surface area contributed by atoms with Gasteiger partial charge in [-0.1, -0.05) is 12.1 Å². The second-order valence-electron chi connectivity index (χ2n) is 5.91. The van der Waals surface area contributed by atoms with E-state index in [1.807, 2.05) is 0 Å². The fourth-order valence-electron chi connectivity index (χ4n) is 2.75. The maximum atomic E-state index is 12.7. The predicted molar refractivity (Wildman–Crippen MR) is 94.3 cm³/mol. The molecule has 0 saturated heterocycles. The molecule has 0 aliphatic carbocycles. The minimum Gasteiger partial charge on any atom is -0.493 e. The molecule has 0 unspecified atom stereocenters. The summed E-state index contributed by atoms with van der Waals surface area (Å²) < 4.78 is 49.7. The van der Waals surface area contributed by atoms with Gasteiger partial charge in [-0.2, -0.15) is 13.2 Å². The van der Waals surface area contributed by atoms with Gasteiger partial charge in [0.25, 0.3) is 5.56 Å². The number of alkyl halides is 3. The summed E-state index contributed by atoms with van der Waals surface area (Å²) in [6.07, 6.45) is -2.54. The van der Waals surface area contributed by atoms with Crippen molar-refractivity contribution in [2.45, 2.75) is 19.1 Å². The lowest BCUT2D eigenvalue weighted by atomic mass is 10.1. The van der Waals surface area contributed by atoms with Crippen molar-refractivity contribution < 1.29 is 22.6 Å². The highest BCUT2D eigenvalue weighted by atomic mass is 19.4. The number of nitrogens with zero attached hydrogens (tertiary/aromatic N) is 2. The Hall–Kier alpha value is -3.03. The molecule has 8 heteroatoms. The van der Waals surface area contributed by atoms with Gasteiger partial charge in [0, 0.05) is 12.6 Å². The molecule has 0 spiro atoms. The van der Waals surface area contributed by atoms with Crippen LogP contribution < -0.4 is 15.0 Å². The number of aromatic nitrogens is 2. The smallest absolute Gasteiger partial charge is 0.416 e. The Morgan fingerprint density at radius 1 is 1.04 bits per heavy atom. The average molecular weight is 378 g/mol. The molecule has 5 nitrogen and oxygen atoms in total. The van der Waals surface area contributed by atoms with Gasteiger partial charge in [-0.15, -0.1) is 0 Å². The number of halogens is 3. The first-order valence-electron chi connectivity index (χ1n) is 8.11. The van der Waals surface area contributed by atoms with Crippen LogP contribution in [0, 0.1) is 0 Å². The van der Waals surface area contributed by atoms with Gasteiger partial charge in [0.1, 0.15) is 0 Å². The quantitative estimate of drug-likeness (QED) is 0.680. The first kappa shape index (κ1) is 18.8. The highest BCUT2D eigenvalue weighted by Crippen LogP contribution is 2.30. The van der Waals surface area contributed by atoms with Crippen LogP contribution in [0.25, 0.3) is 10.9 Å². The standard InChI is InChI=1S/C19H17F3N2O3/c1-26-16-9-14-15(10-17(16)27-2)23-11-24(18(14)25)8-7-12-3-5-13(6-4-12)19(20,21)22/h3-6,9-11H,7-8H2,1-2H3. The van der Waals surface area contributed by atoms with Crippen LogP contribution in [-0.4, -0.2) is 23.8 Å². The Balaban J connectivity index is 1.85. The third-order valence-corrected chi connectivity index (χ3v) is 4.25. The third-order valence-electron chi connectivity index (χ3n) is 4.25. The molecule has 142 valence electrons. The van der Waals surface area contributed by atoms with Gasteiger partial charge < -0.3 is 9.47 Å². The molecule has 2 aromatic carbocycles. The van der Waals surface area contributed by atoms with Crippen LogP contribution >= 0.6 is 0 Å². The highest BCUT2D eigenvalue weighted by molar-refractivity contribution is 5.81. The number of fused-ring (bicyclic) bond motifs is 1. The molecule has 0 saturated carbocycles. The normalized spacial score (nSPS) is 11.6. The van der Waals surface area contributed by atoms with E-state index < -0.39 is 11.7 Å². The molecule has 1 aromatic heterocycles. The molecule has 0 aliphatic rings. The molecule has 0 amide bonds. The summed E-state index contributed by atoms with van der Waals surface area (Å²) in [4.78, 5) is 16.9. The second kappa shape index (κ2) is 7.30. The van der Waals surface area contributed by atoms with Crippen molar-refractivity contribution in [1.29, 1.82) is 0 Å². The lowest BCUT2D eigenvalue weighted by molar-refractivity contribution is -0.137. The number of hydrogen-bond acceptors (Lipinski definition) is 4. The van der Waals surface area contributed by atoms with Crippen LogP contribution in [-0.2, 0) is 19.1 Å². The van der Waals surface area contributed by atoms with E-state index in [0.29, 0.717) is 40.9 Å². The van der Waals surface area contributed by atoms with Crippen molar-refractivity contribution in [2.75, 3.05) is 14.2 Å². The minimum absolute atomic E-state index is 0.257. The van der Waals surface area contributed by atoms with E-state index in [0.717, 1.165) is 12.1 Å². The topological polar surface area (TPSA) is 53.4 Å². The first-order chi connectivity index (χ1) is 12.8. The van der Waals surface area contributed by atoms with Crippen molar-refractivity contribution in [2.24, 2.45) is 0 Å². The highest BCUT2D eigenvalue weighted by Gasteiger charge is 2.29. The Morgan fingerprint density at radius 2 is 1.67 bits per heavy atom. The first-order valence-corrected chi connectivity index (χ1v) is 8.11. The Bertz CT molecular complexity index is 1010. The molecular formula is C19H17F3N2O3. The van der Waals surface area contributed by atoms with E-state index >= 15 is 0 Å². The van der Waals surface area contributed by atoms with Crippen molar-refractivity contribution >= 4 is 10.9 Å². The fraction of sp³-hybridized carbons (Fsp3) is 0.263. The van der Waals surface area contributed by atoms with Crippen LogP contribution in [0.15, 0.2) is 47.5 Å². The molecule has 1 heterocycles. The molecule has 0 radical (unpaired) electrons. The van der Waals surface area contributed by atoms with Crippen molar-refractivity contribution in [1.82, 2.24) is 9.55 Å². The summed E-state index contributed by atoms with van der Waals surface area (Å²) in [5, 5.41) is 0.377. The third kappa shape index (κ3) is 3.89. The monoisotopic (exact) mass is 378 g/mol. The molecule has 27 heavy (non-hydrogen) atoms. The molecule has 0 fully saturated rings. The van der Waals surface area contributed by atoms with Crippen molar-refractivity contribution in [3.63, 3.8) is 0 Å². The molecule has 0 aliphatic heterocycles. The van der Waals surface area contributed by atoms with Gasteiger partial charge in [0.15, 0.2) is 11.5 Å². The van der Waals surface area contributed by atoms with Gasteiger partial charge in [0.2, 0.25) is 0 Å². The Kier molecular flexibility index (Phi) is 5.07. The minimum atomic E-state index is -4.36. The average Bonchev–Trinajstić information content (AvgIpc) is 2.66. The van der Waals surface area contributed by atoms with Gasteiger partial charge in [-0.25, -0.2) is 4.98 Å². The number of rotatable bonds is 5. The van der Waals surface area contributed by atoms with Crippen molar-refractivity contribution in [3.05, 3.63) is 64.2 Å². The number of benzene rings is 2. The molecule has 0 N–H and O–H groups in total. The van der Waals surface area contributed by atoms with Crippen LogP contribution in [0.4, 0.5) is 13.2 Å². The maximum absolute atomic E-state index is 12.7. The van der Waals surface area contributed by atoms with E-state index in [2.05, 4.69) is 4.98 Å². The van der Waals surface area contributed by atoms with Crippen LogP contribution in [0.2, 0.25) is 0 Å². The number of hydrogen-bond donors (Lipinski definition) is 0. The predicted octanol–water partition coefficient (Wildman–Crippen LogP) is 3.68. The van der Waals surface area contributed by atoms with Crippen LogP contribution in [0.5, 0.6) is 11.5 Å². The molecular weight excluding hydrogens is 361 g/mol. The number of methoxy groups -OCH3 is 2. The van der Waals surface area contributed by atoms with Gasteiger partial charge in [-0.05, 0) is 30.2 Å². The second-order valence-corrected chi connectivity index (χ2v) is 5.91. The molecule has 3 aromatic rings. The van der Waals surface area contributed by atoms with E-state index in [1.54, 1.807) is 12.1 Å². The van der Waals surface area contributed by atoms with Crippen LogP contribution in [0.3, 0.4) is 0 Å². The zero-order chi connectivity index (χ0) is 19.6. The number of ether oxygens (including phenoxy) is 2.